The van der Waals surface area contributed by atoms with Crippen molar-refractivity contribution in [1.82, 2.24) is 19.9 Å². The lowest BCUT2D eigenvalue weighted by Gasteiger charge is -2.25. The fourth-order valence-corrected chi connectivity index (χ4v) is 3.10. The number of hydrogen-bond acceptors (Lipinski definition) is 3. The van der Waals surface area contributed by atoms with E-state index < -0.39 is 0 Å². The van der Waals surface area contributed by atoms with Crippen LogP contribution in [0.15, 0.2) is 48.8 Å². The summed E-state index contributed by atoms with van der Waals surface area (Å²) in [6.07, 6.45) is 4.71. The van der Waals surface area contributed by atoms with Gasteiger partial charge in [0.1, 0.15) is 5.82 Å². The first-order chi connectivity index (χ1) is 11.3. The van der Waals surface area contributed by atoms with Crippen LogP contribution in [-0.2, 0) is 19.5 Å². The average molecular weight is 325 g/mol. The van der Waals surface area contributed by atoms with Crippen molar-refractivity contribution in [2.24, 2.45) is 0 Å². The van der Waals surface area contributed by atoms with Crippen molar-refractivity contribution in [2.75, 3.05) is 6.54 Å². The van der Waals surface area contributed by atoms with Crippen molar-refractivity contribution in [3.05, 3.63) is 70.8 Å². The van der Waals surface area contributed by atoms with Crippen LogP contribution in [-0.4, -0.2) is 26.4 Å². The Morgan fingerprint density at radius 3 is 2.83 bits per heavy atom. The van der Waals surface area contributed by atoms with Gasteiger partial charge in [-0.15, -0.1) is 0 Å². The predicted octanol–water partition coefficient (Wildman–Crippen LogP) is 3.68. The lowest BCUT2D eigenvalue weighted by molar-refractivity contribution is 0.241. The molecule has 4 nitrogen and oxygen atoms in total. The van der Waals surface area contributed by atoms with Crippen molar-refractivity contribution >= 4 is 11.6 Å². The number of pyridine rings is 1. The molecule has 0 bridgehead atoms. The Kier molecular flexibility index (Phi) is 3.85. The molecule has 3 heterocycles. The zero-order valence-electron chi connectivity index (χ0n) is 12.7. The van der Waals surface area contributed by atoms with E-state index in [1.807, 2.05) is 42.7 Å². The van der Waals surface area contributed by atoms with Crippen LogP contribution in [0, 0.1) is 0 Å². The molecule has 5 heteroatoms. The van der Waals surface area contributed by atoms with Crippen LogP contribution in [0.2, 0.25) is 5.02 Å². The second-order valence-electron chi connectivity index (χ2n) is 5.84. The van der Waals surface area contributed by atoms with Crippen LogP contribution in [0.5, 0.6) is 0 Å². The van der Waals surface area contributed by atoms with E-state index in [9.17, 15) is 0 Å². The first-order valence-electron chi connectivity index (χ1n) is 7.73. The van der Waals surface area contributed by atoms with Gasteiger partial charge in [-0.2, -0.15) is 0 Å². The van der Waals surface area contributed by atoms with E-state index in [1.54, 1.807) is 0 Å². The molecular weight excluding hydrogens is 308 g/mol. The number of hydrogen-bond donors (Lipinski definition) is 1. The van der Waals surface area contributed by atoms with Crippen LogP contribution in [0.25, 0.3) is 11.4 Å². The van der Waals surface area contributed by atoms with Crippen LogP contribution >= 0.6 is 11.6 Å². The third kappa shape index (κ3) is 3.14. The number of nitrogens with one attached hydrogen (secondary N) is 1. The Bertz CT molecular complexity index is 796. The van der Waals surface area contributed by atoms with Gasteiger partial charge in [-0.1, -0.05) is 17.7 Å². The highest BCUT2D eigenvalue weighted by Gasteiger charge is 2.20. The summed E-state index contributed by atoms with van der Waals surface area (Å²) >= 11 is 5.95. The molecule has 1 aromatic carbocycles. The molecule has 3 aromatic rings. The van der Waals surface area contributed by atoms with Gasteiger partial charge in [-0.25, -0.2) is 4.98 Å². The van der Waals surface area contributed by atoms with Gasteiger partial charge in [0.25, 0.3) is 0 Å². The van der Waals surface area contributed by atoms with Crippen LogP contribution in [0.3, 0.4) is 0 Å². The summed E-state index contributed by atoms with van der Waals surface area (Å²) in [6, 6.07) is 11.9. The molecule has 1 aliphatic heterocycles. The smallest absolute Gasteiger partial charge is 0.137 e. The molecule has 0 aliphatic carbocycles. The summed E-state index contributed by atoms with van der Waals surface area (Å²) < 4.78 is 0. The summed E-state index contributed by atoms with van der Waals surface area (Å²) in [6.45, 7) is 2.83. The molecule has 0 radical (unpaired) electrons. The summed E-state index contributed by atoms with van der Waals surface area (Å²) in [5.41, 5.74) is 4.71. The highest BCUT2D eigenvalue weighted by atomic mass is 35.5. The highest BCUT2D eigenvalue weighted by molar-refractivity contribution is 6.30. The lowest BCUT2D eigenvalue weighted by atomic mass is 10.1. The Morgan fingerprint density at radius 2 is 2.04 bits per heavy atom. The van der Waals surface area contributed by atoms with Gasteiger partial charge in [0.15, 0.2) is 0 Å². The van der Waals surface area contributed by atoms with Gasteiger partial charge in [0.05, 0.1) is 11.4 Å². The Labute approximate surface area is 140 Å². The molecule has 116 valence electrons. The Morgan fingerprint density at radius 1 is 1.17 bits per heavy atom. The van der Waals surface area contributed by atoms with Gasteiger partial charge in [0, 0.05) is 49.0 Å². The van der Waals surface area contributed by atoms with Crippen molar-refractivity contribution in [2.45, 2.75) is 19.5 Å². The van der Waals surface area contributed by atoms with Gasteiger partial charge >= 0.3 is 0 Å². The number of aromatic amines is 1. The van der Waals surface area contributed by atoms with Gasteiger partial charge in [-0.05, 0) is 35.9 Å². The van der Waals surface area contributed by atoms with E-state index in [0.717, 1.165) is 42.5 Å². The number of aromatic nitrogens is 3. The first-order valence-corrected chi connectivity index (χ1v) is 8.11. The molecule has 1 aliphatic rings. The zero-order chi connectivity index (χ0) is 15.6. The molecule has 0 saturated carbocycles. The Hall–Kier alpha value is -2.17. The van der Waals surface area contributed by atoms with Crippen molar-refractivity contribution in [1.29, 1.82) is 0 Å². The molecule has 4 rings (SSSR count). The quantitative estimate of drug-likeness (QED) is 0.799. The number of fused-ring (bicyclic) bond motifs is 1. The molecule has 0 spiro atoms. The summed E-state index contributed by atoms with van der Waals surface area (Å²) in [4.78, 5) is 14.8. The van der Waals surface area contributed by atoms with Gasteiger partial charge < -0.3 is 4.98 Å². The number of H-pyrrole nitrogens is 1. The minimum atomic E-state index is 0.743. The number of nitrogens with zero attached hydrogens (tertiary/aromatic N) is 3. The molecule has 0 saturated heterocycles. The van der Waals surface area contributed by atoms with E-state index in [-0.39, 0.29) is 0 Å². The van der Waals surface area contributed by atoms with Crippen LogP contribution in [0.1, 0.15) is 17.0 Å². The maximum absolute atomic E-state index is 5.95. The molecular formula is C18H17ClN4. The number of benzene rings is 1. The zero-order valence-corrected chi connectivity index (χ0v) is 13.4. The van der Waals surface area contributed by atoms with E-state index in [0.29, 0.717) is 0 Å². The van der Waals surface area contributed by atoms with E-state index in [4.69, 9.17) is 16.6 Å². The van der Waals surface area contributed by atoms with E-state index in [1.165, 1.54) is 17.0 Å². The predicted molar refractivity (Wildman–Crippen MR) is 91.1 cm³/mol. The summed E-state index contributed by atoms with van der Waals surface area (Å²) in [5, 5.41) is 0.743. The fraction of sp³-hybridized carbons (Fsp3) is 0.222. The van der Waals surface area contributed by atoms with E-state index in [2.05, 4.69) is 20.9 Å². The second kappa shape index (κ2) is 6.14. The minimum absolute atomic E-state index is 0.743. The third-order valence-corrected chi connectivity index (χ3v) is 4.41. The molecule has 2 aromatic heterocycles. The number of rotatable bonds is 3. The fourth-order valence-electron chi connectivity index (χ4n) is 2.98. The molecule has 0 fully saturated rings. The molecule has 0 unspecified atom stereocenters. The van der Waals surface area contributed by atoms with Gasteiger partial charge in [-0.3, -0.25) is 9.88 Å². The maximum atomic E-state index is 5.95. The van der Waals surface area contributed by atoms with Crippen molar-refractivity contribution < 1.29 is 0 Å². The topological polar surface area (TPSA) is 44.8 Å². The standard InChI is InChI=1S/C18H17ClN4/c19-15-5-3-14(4-6-15)18-21-16-7-9-23(12-17(16)22-18)11-13-2-1-8-20-10-13/h1-6,8,10H,7,9,11-12H2,(H,21,22). The average Bonchev–Trinajstić information content (AvgIpc) is 3.00. The summed E-state index contributed by atoms with van der Waals surface area (Å²) in [7, 11) is 0. The van der Waals surface area contributed by atoms with Crippen LogP contribution < -0.4 is 0 Å². The minimum Gasteiger partial charge on any atom is -0.341 e. The van der Waals surface area contributed by atoms with Gasteiger partial charge in [0.2, 0.25) is 0 Å². The van der Waals surface area contributed by atoms with Crippen LogP contribution in [0.4, 0.5) is 0 Å². The van der Waals surface area contributed by atoms with Crippen molar-refractivity contribution in [3.63, 3.8) is 0 Å². The molecule has 23 heavy (non-hydrogen) atoms. The van der Waals surface area contributed by atoms with Crippen molar-refractivity contribution in [3.8, 4) is 11.4 Å². The maximum Gasteiger partial charge on any atom is 0.137 e. The highest BCUT2D eigenvalue weighted by Crippen LogP contribution is 2.24. The number of halogens is 1. The SMILES string of the molecule is Clc1ccc(-c2nc3c([nH]2)CN(Cc2cccnc2)CC3)cc1. The monoisotopic (exact) mass is 324 g/mol. The third-order valence-electron chi connectivity index (χ3n) is 4.16. The first kappa shape index (κ1) is 14.4. The second-order valence-corrected chi connectivity index (χ2v) is 6.28. The molecule has 0 amide bonds. The molecule has 1 N–H and O–H groups in total. The van der Waals surface area contributed by atoms with E-state index >= 15 is 0 Å². The summed E-state index contributed by atoms with van der Waals surface area (Å²) in [5.74, 6) is 0.926. The number of imidazole rings is 1. The molecule has 0 atom stereocenters. The lowest BCUT2D eigenvalue weighted by Crippen LogP contribution is -2.30. The normalized spacial score (nSPS) is 14.7. The Balaban J connectivity index is 1.52. The largest absolute Gasteiger partial charge is 0.341 e.